The highest BCUT2D eigenvalue weighted by Crippen LogP contribution is 2.11. The molecule has 0 aliphatic carbocycles. The van der Waals surface area contributed by atoms with Crippen molar-refractivity contribution in [3.05, 3.63) is 35.9 Å². The summed E-state index contributed by atoms with van der Waals surface area (Å²) in [5, 5.41) is 22.3. The summed E-state index contributed by atoms with van der Waals surface area (Å²) in [4.78, 5) is 94.9. The number of alkyl carbamates (subject to hydrolysis) is 1. The van der Waals surface area contributed by atoms with Crippen molar-refractivity contribution in [1.82, 2.24) is 26.6 Å². The maximum absolute atomic E-state index is 13.8. The number of hydrogen-bond donors (Lipinski definition) is 9. The van der Waals surface area contributed by atoms with E-state index in [4.69, 9.17) is 26.7 Å². The predicted molar refractivity (Wildman–Crippen MR) is 203 cm³/mol. The molecule has 0 spiro atoms. The van der Waals surface area contributed by atoms with Crippen LogP contribution in [0.4, 0.5) is 4.79 Å². The Hall–Kier alpha value is -5.46. The molecule has 0 aliphatic heterocycles. The van der Waals surface area contributed by atoms with Gasteiger partial charge in [-0.1, -0.05) is 58.0 Å². The second-order valence-corrected chi connectivity index (χ2v) is 13.5. The molecule has 0 bridgehead atoms. The molecule has 0 aromatic heterocycles. The molecule has 308 valence electrons. The lowest BCUT2D eigenvalue weighted by atomic mass is 9.99. The molecule has 0 saturated heterocycles. The van der Waals surface area contributed by atoms with Crippen LogP contribution in [0.3, 0.4) is 0 Å². The quantitative estimate of drug-likeness (QED) is 0.0268. The van der Waals surface area contributed by atoms with E-state index in [0.29, 0.717) is 19.4 Å². The first-order valence-corrected chi connectivity index (χ1v) is 18.2. The van der Waals surface area contributed by atoms with Gasteiger partial charge in [-0.25, -0.2) is 9.59 Å². The number of methoxy groups -OCH3 is 1. The smallest absolute Gasteiger partial charge is 0.408 e. The number of nitrogens with two attached hydrogens (primary N) is 3. The van der Waals surface area contributed by atoms with E-state index in [2.05, 4.69) is 31.6 Å². The monoisotopic (exact) mass is 777 g/mol. The van der Waals surface area contributed by atoms with Gasteiger partial charge in [-0.2, -0.15) is 0 Å². The van der Waals surface area contributed by atoms with Gasteiger partial charge in [0.05, 0.1) is 7.11 Å². The zero-order valence-corrected chi connectivity index (χ0v) is 32.3. The minimum atomic E-state index is -1.47. The highest BCUT2D eigenvalue weighted by Gasteiger charge is 2.34. The zero-order valence-electron chi connectivity index (χ0n) is 32.3. The van der Waals surface area contributed by atoms with Gasteiger partial charge in [-0.3, -0.25) is 29.0 Å². The first kappa shape index (κ1) is 47.6. The number of nitrogens with one attached hydrogen (secondary N) is 5. The highest BCUT2D eigenvalue weighted by molar-refractivity contribution is 5.96. The van der Waals surface area contributed by atoms with Crippen molar-refractivity contribution in [2.75, 3.05) is 20.2 Å². The van der Waals surface area contributed by atoms with Crippen molar-refractivity contribution in [3.63, 3.8) is 0 Å². The Morgan fingerprint density at radius 3 is 1.76 bits per heavy atom. The van der Waals surface area contributed by atoms with E-state index in [9.17, 15) is 38.7 Å². The number of carboxylic acid groups (broad SMARTS) is 1. The van der Waals surface area contributed by atoms with Crippen molar-refractivity contribution in [2.24, 2.45) is 34.0 Å². The minimum Gasteiger partial charge on any atom is -0.481 e. The summed E-state index contributed by atoms with van der Waals surface area (Å²) in [6.07, 6.45) is -0.461. The van der Waals surface area contributed by atoms with E-state index in [1.165, 1.54) is 7.11 Å². The minimum absolute atomic E-state index is 0.0310. The molecule has 0 aliphatic rings. The molecule has 0 saturated carbocycles. The number of rotatable bonds is 25. The van der Waals surface area contributed by atoms with Crippen molar-refractivity contribution in [3.8, 4) is 0 Å². The lowest BCUT2D eigenvalue weighted by Crippen LogP contribution is -2.60. The van der Waals surface area contributed by atoms with Gasteiger partial charge in [0.15, 0.2) is 5.96 Å². The van der Waals surface area contributed by atoms with Gasteiger partial charge in [-0.15, -0.1) is 0 Å². The molecule has 19 heteroatoms. The Bertz CT molecular complexity index is 1440. The van der Waals surface area contributed by atoms with Gasteiger partial charge in [-0.05, 0) is 62.5 Å². The van der Waals surface area contributed by atoms with Crippen LogP contribution < -0.4 is 43.8 Å². The van der Waals surface area contributed by atoms with Crippen LogP contribution in [0.1, 0.15) is 78.2 Å². The second-order valence-electron chi connectivity index (χ2n) is 13.5. The van der Waals surface area contributed by atoms with Crippen LogP contribution in [0.2, 0.25) is 0 Å². The summed E-state index contributed by atoms with van der Waals surface area (Å²) in [5.41, 5.74) is 17.2. The molecule has 55 heavy (non-hydrogen) atoms. The number of carboxylic acids is 1. The number of aliphatic imine (C=N–C) groups is 1. The summed E-state index contributed by atoms with van der Waals surface area (Å²) in [6, 6.07) is 2.77. The van der Waals surface area contributed by atoms with Gasteiger partial charge < -0.3 is 58.4 Å². The zero-order chi connectivity index (χ0) is 41.5. The number of nitrogens with zero attached hydrogens (tertiary/aromatic N) is 1. The maximum Gasteiger partial charge on any atom is 0.408 e. The number of amides is 5. The summed E-state index contributed by atoms with van der Waals surface area (Å²) in [6.45, 7) is 7.07. The average molecular weight is 778 g/mol. The maximum atomic E-state index is 13.8. The summed E-state index contributed by atoms with van der Waals surface area (Å²) in [7, 11) is 1.18. The molecule has 0 radical (unpaired) electrons. The highest BCUT2D eigenvalue weighted by atomic mass is 16.5. The van der Waals surface area contributed by atoms with Crippen molar-refractivity contribution in [2.45, 2.75) is 109 Å². The molecule has 5 amide bonds. The van der Waals surface area contributed by atoms with Crippen molar-refractivity contribution >= 4 is 47.6 Å². The van der Waals surface area contributed by atoms with E-state index in [-0.39, 0.29) is 50.7 Å². The molecule has 0 fully saturated rings. The molecule has 5 unspecified atom stereocenters. The van der Waals surface area contributed by atoms with Gasteiger partial charge >= 0.3 is 18.0 Å². The number of ether oxygens (including phenoxy) is 2. The summed E-state index contributed by atoms with van der Waals surface area (Å²) < 4.78 is 10.1. The number of unbranched alkanes of at least 4 members (excludes halogenated alkanes) is 1. The molecule has 5 atom stereocenters. The molecular formula is C36H59N9O10. The Morgan fingerprint density at radius 2 is 1.24 bits per heavy atom. The number of carbonyl (C=O) groups is 7. The van der Waals surface area contributed by atoms with Crippen LogP contribution in [0, 0.1) is 11.8 Å². The summed E-state index contributed by atoms with van der Waals surface area (Å²) in [5.74, 6) is -6.15. The van der Waals surface area contributed by atoms with Crippen molar-refractivity contribution in [1.29, 1.82) is 0 Å². The third-order valence-corrected chi connectivity index (χ3v) is 8.29. The molecule has 1 rings (SSSR count). The van der Waals surface area contributed by atoms with Gasteiger partial charge in [0, 0.05) is 13.0 Å². The van der Waals surface area contributed by atoms with Crippen molar-refractivity contribution < 1.29 is 48.1 Å². The molecule has 0 heterocycles. The van der Waals surface area contributed by atoms with Crippen LogP contribution in [-0.4, -0.2) is 103 Å². The van der Waals surface area contributed by atoms with Gasteiger partial charge in [0.2, 0.25) is 23.6 Å². The third-order valence-electron chi connectivity index (χ3n) is 8.29. The van der Waals surface area contributed by atoms with Crippen LogP contribution in [0.25, 0.3) is 0 Å². The molecular weight excluding hydrogens is 718 g/mol. The van der Waals surface area contributed by atoms with Crippen LogP contribution >= 0.6 is 0 Å². The molecule has 1 aromatic carbocycles. The fourth-order valence-corrected chi connectivity index (χ4v) is 5.18. The first-order chi connectivity index (χ1) is 26.0. The predicted octanol–water partition coefficient (Wildman–Crippen LogP) is -0.247. The van der Waals surface area contributed by atoms with E-state index < -0.39 is 84.2 Å². The van der Waals surface area contributed by atoms with E-state index in [1.54, 1.807) is 52.0 Å². The Balaban J connectivity index is 3.30. The number of aliphatic carboxylic acids is 1. The fourth-order valence-electron chi connectivity index (χ4n) is 5.18. The fraction of sp³-hybridized carbons (Fsp3) is 0.611. The van der Waals surface area contributed by atoms with E-state index >= 15 is 0 Å². The Morgan fingerprint density at radius 1 is 0.709 bits per heavy atom. The van der Waals surface area contributed by atoms with Crippen LogP contribution in [-0.2, 0) is 44.8 Å². The first-order valence-electron chi connectivity index (χ1n) is 18.2. The standard InChI is InChI=1S/C36H59N9O10/c1-21(2)28(33(51)45-29(22(3)4)34(52)54-5)44-32(50)26(16-17-27(46)47)42-30(48)24(15-11-19-40-35(38)39)41-31(49)25(14-9-10-18-37)43-36(53)55-20-23-12-7-6-8-13-23/h6-8,12-13,21-22,24-26,28-29H,9-11,14-20,37H2,1-5H3,(H,41,49)(H,42,48)(H,43,53)(H,44,50)(H,45,51)(H,46,47)(H4,38,39,40). The lowest BCUT2D eigenvalue weighted by molar-refractivity contribution is -0.147. The number of benzene rings is 1. The Labute approximate surface area is 321 Å². The molecule has 19 nitrogen and oxygen atoms in total. The van der Waals surface area contributed by atoms with Crippen LogP contribution in [0.15, 0.2) is 35.3 Å². The molecule has 1 aromatic rings. The number of esters is 1. The van der Waals surface area contributed by atoms with Gasteiger partial charge in [0.1, 0.15) is 36.8 Å². The SMILES string of the molecule is COC(=O)C(NC(=O)C(NC(=O)C(CCC(=O)O)NC(=O)C(CCCN=C(N)N)NC(=O)C(CCCCN)NC(=O)OCc1ccccc1)C(C)C)C(C)C. The molecule has 12 N–H and O–H groups in total. The lowest BCUT2D eigenvalue weighted by Gasteiger charge is -2.28. The van der Waals surface area contributed by atoms with E-state index in [0.717, 1.165) is 5.56 Å². The van der Waals surface area contributed by atoms with E-state index in [1.807, 2.05) is 6.07 Å². The normalized spacial score (nSPS) is 13.6. The number of guanidine groups is 1. The topological polar surface area (TPSA) is 309 Å². The number of hydrogen-bond acceptors (Lipinski definition) is 11. The van der Waals surface area contributed by atoms with Gasteiger partial charge in [0.25, 0.3) is 0 Å². The Kier molecular flexibility index (Phi) is 22.1. The third kappa shape index (κ3) is 18.9. The largest absolute Gasteiger partial charge is 0.481 e. The summed E-state index contributed by atoms with van der Waals surface area (Å²) >= 11 is 0. The second kappa shape index (κ2) is 25.5. The average Bonchev–Trinajstić information content (AvgIpc) is 3.13. The van der Waals surface area contributed by atoms with Crippen LogP contribution in [0.5, 0.6) is 0 Å². The number of carbonyl (C=O) groups excluding carboxylic acids is 6.